The molecule has 31 heavy (non-hydrogen) atoms. The van der Waals surface area contributed by atoms with Gasteiger partial charge in [0.05, 0.1) is 0 Å². The summed E-state index contributed by atoms with van der Waals surface area (Å²) in [5.41, 5.74) is 4.37. The average molecular weight is 432 g/mol. The number of carbonyl (C=O) groups is 1. The molecule has 176 valence electrons. The van der Waals surface area contributed by atoms with Gasteiger partial charge in [0.15, 0.2) is 0 Å². The fourth-order valence-corrected chi connectivity index (χ4v) is 3.92. The third kappa shape index (κ3) is 7.86. The lowest BCUT2D eigenvalue weighted by Gasteiger charge is -2.42. The number of rotatable bonds is 7. The summed E-state index contributed by atoms with van der Waals surface area (Å²) in [6, 6.07) is 0.0784. The lowest BCUT2D eigenvalue weighted by Crippen LogP contribution is -2.54. The molecule has 0 N–H and O–H groups in total. The highest BCUT2D eigenvalue weighted by molar-refractivity contribution is 6.03. The Morgan fingerprint density at radius 1 is 1.23 bits per heavy atom. The third-order valence-corrected chi connectivity index (χ3v) is 5.81. The number of piperazine rings is 1. The van der Waals surface area contributed by atoms with Crippen LogP contribution in [0.4, 0.5) is 4.79 Å². The van der Waals surface area contributed by atoms with Crippen LogP contribution < -0.4 is 0 Å². The molecular formula is C26H45N3O2. The quantitative estimate of drug-likeness (QED) is 0.338. The van der Waals surface area contributed by atoms with E-state index in [1.807, 2.05) is 31.9 Å². The van der Waals surface area contributed by atoms with Gasteiger partial charge in [-0.3, -0.25) is 4.99 Å². The van der Waals surface area contributed by atoms with Crippen LogP contribution >= 0.6 is 0 Å². The first-order valence-corrected chi connectivity index (χ1v) is 11.8. The molecule has 0 radical (unpaired) electrons. The normalized spacial score (nSPS) is 20.8. The zero-order valence-electron chi connectivity index (χ0n) is 21.6. The van der Waals surface area contributed by atoms with E-state index in [4.69, 9.17) is 9.73 Å². The molecule has 1 saturated heterocycles. The fourth-order valence-electron chi connectivity index (χ4n) is 3.92. The minimum absolute atomic E-state index is 0.0784. The Bertz CT molecular complexity index is 725. The first-order chi connectivity index (χ1) is 14.5. The standard InChI is InChI=1S/C26H45N3O2/c1-11-14-15-27-21(6)24(23(13-3)19(4)12-2)22(7)28-16-17-29(20(5)18-28)25(30)31-26(8,9)10/h13-15,19-20H,11-12,16-18H2,1-10H3/b15-14+,23-13-,24-22-,27-21+. The Labute approximate surface area is 190 Å². The Kier molecular flexibility index (Phi) is 10.5. The number of hydrogen-bond acceptors (Lipinski definition) is 4. The second-order valence-corrected chi connectivity index (χ2v) is 9.49. The van der Waals surface area contributed by atoms with Gasteiger partial charge in [0.2, 0.25) is 0 Å². The van der Waals surface area contributed by atoms with E-state index in [1.54, 1.807) is 0 Å². The molecule has 1 rings (SSSR count). The van der Waals surface area contributed by atoms with Crippen molar-refractivity contribution in [1.29, 1.82) is 0 Å². The molecule has 2 atom stereocenters. The van der Waals surface area contributed by atoms with Crippen molar-refractivity contribution in [3.63, 3.8) is 0 Å². The number of ether oxygens (including phenoxy) is 1. The Balaban J connectivity index is 3.24. The molecule has 1 amide bonds. The number of amides is 1. The first kappa shape index (κ1) is 27.0. The fraction of sp³-hybridized carbons (Fsp3) is 0.692. The van der Waals surface area contributed by atoms with Gasteiger partial charge >= 0.3 is 6.09 Å². The van der Waals surface area contributed by atoms with Gasteiger partial charge in [-0.2, -0.15) is 0 Å². The summed E-state index contributed by atoms with van der Waals surface area (Å²) < 4.78 is 5.61. The summed E-state index contributed by atoms with van der Waals surface area (Å²) in [6.07, 6.45) is 8.05. The van der Waals surface area contributed by atoms with Crippen molar-refractivity contribution in [2.75, 3.05) is 19.6 Å². The molecule has 0 aromatic rings. The van der Waals surface area contributed by atoms with Crippen LogP contribution in [0.2, 0.25) is 0 Å². The van der Waals surface area contributed by atoms with Crippen LogP contribution in [0.3, 0.4) is 0 Å². The third-order valence-electron chi connectivity index (χ3n) is 5.81. The van der Waals surface area contributed by atoms with Gasteiger partial charge in [-0.15, -0.1) is 0 Å². The molecule has 5 heteroatoms. The minimum atomic E-state index is -0.479. The molecule has 1 aliphatic heterocycles. The maximum absolute atomic E-state index is 12.6. The predicted octanol–water partition coefficient (Wildman–Crippen LogP) is 6.58. The van der Waals surface area contributed by atoms with Crippen molar-refractivity contribution in [3.8, 4) is 0 Å². The summed E-state index contributed by atoms with van der Waals surface area (Å²) >= 11 is 0. The van der Waals surface area contributed by atoms with E-state index in [-0.39, 0.29) is 12.1 Å². The summed E-state index contributed by atoms with van der Waals surface area (Å²) in [4.78, 5) is 21.6. The highest BCUT2D eigenvalue weighted by Gasteiger charge is 2.32. The highest BCUT2D eigenvalue weighted by Crippen LogP contribution is 2.29. The molecule has 1 fully saturated rings. The molecule has 0 saturated carbocycles. The molecule has 1 aliphatic rings. The maximum atomic E-state index is 12.6. The minimum Gasteiger partial charge on any atom is -0.444 e. The van der Waals surface area contributed by atoms with E-state index in [0.717, 1.165) is 31.6 Å². The smallest absolute Gasteiger partial charge is 0.410 e. The van der Waals surface area contributed by atoms with E-state index in [2.05, 4.69) is 65.5 Å². The van der Waals surface area contributed by atoms with E-state index in [1.165, 1.54) is 16.8 Å². The van der Waals surface area contributed by atoms with Crippen molar-refractivity contribution >= 4 is 11.8 Å². The van der Waals surface area contributed by atoms with Crippen LogP contribution in [0, 0.1) is 5.92 Å². The summed E-state index contributed by atoms with van der Waals surface area (Å²) in [6.45, 7) is 23.1. The zero-order valence-corrected chi connectivity index (χ0v) is 21.6. The number of carbonyl (C=O) groups excluding carboxylic acids is 1. The van der Waals surface area contributed by atoms with Crippen molar-refractivity contribution in [2.45, 2.75) is 93.7 Å². The van der Waals surface area contributed by atoms with Gasteiger partial charge in [0.25, 0.3) is 0 Å². The van der Waals surface area contributed by atoms with Crippen LogP contribution in [0.15, 0.2) is 40.2 Å². The van der Waals surface area contributed by atoms with Crippen molar-refractivity contribution in [3.05, 3.63) is 35.2 Å². The lowest BCUT2D eigenvalue weighted by atomic mass is 9.87. The van der Waals surface area contributed by atoms with Gasteiger partial charge in [0.1, 0.15) is 5.60 Å². The van der Waals surface area contributed by atoms with Crippen LogP contribution in [0.5, 0.6) is 0 Å². The molecule has 5 nitrogen and oxygen atoms in total. The second kappa shape index (κ2) is 12.1. The van der Waals surface area contributed by atoms with Crippen molar-refractivity contribution in [2.24, 2.45) is 10.9 Å². The summed E-state index contributed by atoms with van der Waals surface area (Å²) in [5, 5.41) is 0. The average Bonchev–Trinajstić information content (AvgIpc) is 2.69. The van der Waals surface area contributed by atoms with E-state index in [0.29, 0.717) is 12.5 Å². The van der Waals surface area contributed by atoms with Crippen LogP contribution in [-0.2, 0) is 4.74 Å². The molecule has 0 spiro atoms. The van der Waals surface area contributed by atoms with Crippen molar-refractivity contribution in [1.82, 2.24) is 9.80 Å². The van der Waals surface area contributed by atoms with Crippen LogP contribution in [-0.4, -0.2) is 52.9 Å². The molecule has 0 aliphatic carbocycles. The predicted molar refractivity (Wildman–Crippen MR) is 132 cm³/mol. The second-order valence-electron chi connectivity index (χ2n) is 9.49. The van der Waals surface area contributed by atoms with Crippen LogP contribution in [0.1, 0.15) is 82.1 Å². The van der Waals surface area contributed by atoms with E-state index < -0.39 is 5.60 Å². The summed E-state index contributed by atoms with van der Waals surface area (Å²) in [7, 11) is 0. The first-order valence-electron chi connectivity index (χ1n) is 11.8. The topological polar surface area (TPSA) is 45.1 Å². The number of nitrogens with zero attached hydrogens (tertiary/aromatic N) is 3. The Morgan fingerprint density at radius 3 is 2.35 bits per heavy atom. The Hall–Kier alpha value is -2.04. The van der Waals surface area contributed by atoms with Crippen molar-refractivity contribution < 1.29 is 9.53 Å². The number of aliphatic imine (C=N–C) groups is 1. The van der Waals surface area contributed by atoms with Gasteiger partial charge < -0.3 is 14.5 Å². The maximum Gasteiger partial charge on any atom is 0.410 e. The van der Waals surface area contributed by atoms with Gasteiger partial charge in [-0.25, -0.2) is 4.79 Å². The monoisotopic (exact) mass is 431 g/mol. The van der Waals surface area contributed by atoms with E-state index in [9.17, 15) is 4.79 Å². The molecule has 0 bridgehead atoms. The van der Waals surface area contributed by atoms with Gasteiger partial charge in [-0.1, -0.05) is 32.9 Å². The lowest BCUT2D eigenvalue weighted by molar-refractivity contribution is 0.00494. The Morgan fingerprint density at radius 2 is 1.87 bits per heavy atom. The molecule has 0 aromatic heterocycles. The van der Waals surface area contributed by atoms with E-state index >= 15 is 0 Å². The molecule has 1 heterocycles. The summed E-state index contributed by atoms with van der Waals surface area (Å²) in [5.74, 6) is 0.454. The SMILES string of the molecule is C\C=C(C(/C(C)=N/C=C/CC)=C(/C)N1CCN(C(=O)OC(C)(C)C)C(C)C1)\C(C)CC. The zero-order chi connectivity index (χ0) is 23.8. The molecule has 2 unspecified atom stereocenters. The number of allylic oxidation sites excluding steroid dienone is 5. The van der Waals surface area contributed by atoms with Gasteiger partial charge in [-0.05, 0) is 72.8 Å². The number of hydrogen-bond donors (Lipinski definition) is 0. The largest absolute Gasteiger partial charge is 0.444 e. The molecular weight excluding hydrogens is 386 g/mol. The van der Waals surface area contributed by atoms with Crippen LogP contribution in [0.25, 0.3) is 0 Å². The highest BCUT2D eigenvalue weighted by atomic mass is 16.6. The van der Waals surface area contributed by atoms with Gasteiger partial charge in [0, 0.05) is 48.9 Å². The molecule has 0 aromatic carbocycles.